The second-order valence-corrected chi connectivity index (χ2v) is 7.01. The van der Waals surface area contributed by atoms with Crippen LogP contribution in [0, 0.1) is 0 Å². The first-order valence-corrected chi connectivity index (χ1v) is 8.56. The lowest BCUT2D eigenvalue weighted by atomic mass is 10.00. The molecule has 0 spiro atoms. The molecule has 2 aromatic rings. The fourth-order valence-corrected chi connectivity index (χ4v) is 4.25. The van der Waals surface area contributed by atoms with Crippen molar-refractivity contribution in [2.24, 2.45) is 7.05 Å². The van der Waals surface area contributed by atoms with Gasteiger partial charge in [-0.1, -0.05) is 0 Å². The smallest absolute Gasteiger partial charge is 0.257 e. The number of aromatic nitrogens is 2. The highest BCUT2D eigenvalue weighted by atomic mass is 32.1. The third-order valence-electron chi connectivity index (χ3n) is 4.51. The maximum Gasteiger partial charge on any atom is 0.257 e. The number of nitrogens with zero attached hydrogens (tertiary/aromatic N) is 3. The van der Waals surface area contributed by atoms with Gasteiger partial charge >= 0.3 is 0 Å². The van der Waals surface area contributed by atoms with Crippen LogP contribution in [0.2, 0.25) is 0 Å². The lowest BCUT2D eigenvalue weighted by molar-refractivity contribution is 0.0735. The molecule has 4 rings (SSSR count). The fraction of sp³-hybridized carbons (Fsp3) is 0.500. The second-order valence-electron chi connectivity index (χ2n) is 6.01. The molecule has 0 bridgehead atoms. The van der Waals surface area contributed by atoms with Crippen molar-refractivity contribution < 1.29 is 9.53 Å². The molecule has 1 saturated heterocycles. The lowest BCUT2D eigenvalue weighted by Gasteiger charge is -2.27. The Balaban J connectivity index is 1.60. The lowest BCUT2D eigenvalue weighted by Crippen LogP contribution is -2.35. The highest BCUT2D eigenvalue weighted by molar-refractivity contribution is 7.10. The largest absolute Gasteiger partial charge is 0.381 e. The number of ether oxygens (including phenoxy) is 1. The molecule has 116 valence electrons. The van der Waals surface area contributed by atoms with E-state index in [1.165, 1.54) is 10.4 Å². The summed E-state index contributed by atoms with van der Waals surface area (Å²) in [6, 6.07) is 2.17. The van der Waals surface area contributed by atoms with Gasteiger partial charge in [0.1, 0.15) is 0 Å². The molecule has 0 unspecified atom stereocenters. The zero-order valence-electron chi connectivity index (χ0n) is 12.6. The number of carbonyl (C=O) groups excluding carboxylic acids is 1. The van der Waals surface area contributed by atoms with Crippen molar-refractivity contribution in [3.05, 3.63) is 39.3 Å². The number of amides is 1. The number of rotatable bonds is 2. The molecule has 1 amide bonds. The molecule has 0 saturated carbocycles. The van der Waals surface area contributed by atoms with Gasteiger partial charge in [-0.2, -0.15) is 5.10 Å². The zero-order valence-corrected chi connectivity index (χ0v) is 13.4. The van der Waals surface area contributed by atoms with Gasteiger partial charge in [0.2, 0.25) is 0 Å². The maximum atomic E-state index is 13.0. The Morgan fingerprint density at radius 2 is 2.41 bits per heavy atom. The predicted octanol–water partition coefficient (Wildman–Crippen LogP) is 2.18. The molecule has 22 heavy (non-hydrogen) atoms. The molecule has 2 aromatic heterocycles. The molecule has 1 fully saturated rings. The first-order valence-electron chi connectivity index (χ1n) is 7.68. The molecule has 0 aliphatic carbocycles. The fourth-order valence-electron chi connectivity index (χ4n) is 3.30. The number of hydrogen-bond donors (Lipinski definition) is 0. The summed E-state index contributed by atoms with van der Waals surface area (Å²) in [6.07, 6.45) is 3.76. The molecule has 4 heterocycles. The van der Waals surface area contributed by atoms with Crippen molar-refractivity contribution in [2.75, 3.05) is 19.8 Å². The van der Waals surface area contributed by atoms with Gasteiger partial charge in [0.05, 0.1) is 24.4 Å². The van der Waals surface area contributed by atoms with Gasteiger partial charge in [-0.3, -0.25) is 9.48 Å². The maximum absolute atomic E-state index is 13.0. The molecule has 0 N–H and O–H groups in total. The van der Waals surface area contributed by atoms with Crippen LogP contribution in [-0.4, -0.2) is 40.3 Å². The average Bonchev–Trinajstić information content (AvgIpc) is 3.25. The summed E-state index contributed by atoms with van der Waals surface area (Å²) in [6.45, 7) is 2.95. The molecular weight excluding hydrogens is 298 g/mol. The summed E-state index contributed by atoms with van der Waals surface area (Å²) < 4.78 is 7.22. The van der Waals surface area contributed by atoms with E-state index in [2.05, 4.69) is 16.5 Å². The third kappa shape index (κ3) is 2.36. The number of thiophene rings is 1. The minimum Gasteiger partial charge on any atom is -0.381 e. The quantitative estimate of drug-likeness (QED) is 0.853. The summed E-state index contributed by atoms with van der Waals surface area (Å²) in [5.41, 5.74) is 3.05. The van der Waals surface area contributed by atoms with Gasteiger partial charge in [0, 0.05) is 37.2 Å². The van der Waals surface area contributed by atoms with E-state index in [9.17, 15) is 4.79 Å². The van der Waals surface area contributed by atoms with Gasteiger partial charge in [-0.25, -0.2) is 0 Å². The van der Waals surface area contributed by atoms with E-state index in [4.69, 9.17) is 4.74 Å². The van der Waals surface area contributed by atoms with E-state index in [0.29, 0.717) is 6.61 Å². The molecule has 2 aliphatic rings. The second kappa shape index (κ2) is 5.52. The minimum atomic E-state index is 0.106. The molecule has 1 atom stereocenters. The summed E-state index contributed by atoms with van der Waals surface area (Å²) in [7, 11) is 1.88. The van der Waals surface area contributed by atoms with Crippen molar-refractivity contribution in [3.63, 3.8) is 0 Å². The standard InChI is InChI=1S/C16H19N3O2S/c1-18-8-13(15(17-18)12-3-6-21-10-12)16(20)19-5-2-11-4-7-22-14(11)9-19/h4,7-8,12H,2-3,5-6,9-10H2,1H3/t12-/m0/s1. The van der Waals surface area contributed by atoms with Crippen LogP contribution in [0.5, 0.6) is 0 Å². The Hall–Kier alpha value is -1.66. The molecule has 0 radical (unpaired) electrons. The van der Waals surface area contributed by atoms with Crippen LogP contribution in [0.3, 0.4) is 0 Å². The minimum absolute atomic E-state index is 0.106. The zero-order chi connectivity index (χ0) is 15.1. The normalized spacial score (nSPS) is 21.1. The van der Waals surface area contributed by atoms with Crippen LogP contribution < -0.4 is 0 Å². The van der Waals surface area contributed by atoms with Crippen LogP contribution in [0.25, 0.3) is 0 Å². The van der Waals surface area contributed by atoms with Crippen LogP contribution >= 0.6 is 11.3 Å². The van der Waals surface area contributed by atoms with Crippen LogP contribution in [0.1, 0.15) is 38.8 Å². The highest BCUT2D eigenvalue weighted by Crippen LogP contribution is 2.29. The van der Waals surface area contributed by atoms with Gasteiger partial charge < -0.3 is 9.64 Å². The molecule has 0 aromatic carbocycles. The molecule has 2 aliphatic heterocycles. The van der Waals surface area contributed by atoms with E-state index < -0.39 is 0 Å². The summed E-state index contributed by atoms with van der Waals surface area (Å²) >= 11 is 1.74. The summed E-state index contributed by atoms with van der Waals surface area (Å²) in [5, 5.41) is 6.65. The number of fused-ring (bicyclic) bond motifs is 1. The van der Waals surface area contributed by atoms with Crippen molar-refractivity contribution in [1.82, 2.24) is 14.7 Å². The average molecular weight is 317 g/mol. The van der Waals surface area contributed by atoms with Crippen LogP contribution in [0.15, 0.2) is 17.6 Å². The molecule has 5 nitrogen and oxygen atoms in total. The van der Waals surface area contributed by atoms with Crippen molar-refractivity contribution in [2.45, 2.75) is 25.3 Å². The monoisotopic (exact) mass is 317 g/mol. The van der Waals surface area contributed by atoms with E-state index in [1.807, 2.05) is 18.1 Å². The Kier molecular flexibility index (Phi) is 3.50. The highest BCUT2D eigenvalue weighted by Gasteiger charge is 2.30. The predicted molar refractivity (Wildman–Crippen MR) is 84.1 cm³/mol. The van der Waals surface area contributed by atoms with Crippen molar-refractivity contribution in [1.29, 1.82) is 0 Å². The third-order valence-corrected chi connectivity index (χ3v) is 5.46. The van der Waals surface area contributed by atoms with E-state index in [0.717, 1.165) is 43.8 Å². The van der Waals surface area contributed by atoms with Crippen molar-refractivity contribution >= 4 is 17.2 Å². The van der Waals surface area contributed by atoms with Crippen LogP contribution in [0.4, 0.5) is 0 Å². The number of hydrogen-bond acceptors (Lipinski definition) is 4. The Morgan fingerprint density at radius 1 is 1.50 bits per heavy atom. The Labute approximate surface area is 133 Å². The molecule has 6 heteroatoms. The van der Waals surface area contributed by atoms with Crippen LogP contribution in [-0.2, 0) is 24.8 Å². The van der Waals surface area contributed by atoms with Gasteiger partial charge in [0.15, 0.2) is 0 Å². The summed E-state index contributed by atoms with van der Waals surface area (Å²) in [4.78, 5) is 16.2. The van der Waals surface area contributed by atoms with E-state index in [-0.39, 0.29) is 11.8 Å². The first-order chi connectivity index (χ1) is 10.7. The molecular formula is C16H19N3O2S. The number of aryl methyl sites for hydroxylation is 1. The van der Waals surface area contributed by atoms with Gasteiger partial charge in [-0.15, -0.1) is 11.3 Å². The van der Waals surface area contributed by atoms with Gasteiger partial charge in [-0.05, 0) is 29.9 Å². The van der Waals surface area contributed by atoms with Crippen molar-refractivity contribution in [3.8, 4) is 0 Å². The van der Waals surface area contributed by atoms with E-state index >= 15 is 0 Å². The van der Waals surface area contributed by atoms with E-state index in [1.54, 1.807) is 16.0 Å². The number of carbonyl (C=O) groups is 1. The first kappa shape index (κ1) is 14.0. The van der Waals surface area contributed by atoms with Gasteiger partial charge in [0.25, 0.3) is 5.91 Å². The topological polar surface area (TPSA) is 47.4 Å². The summed E-state index contributed by atoms with van der Waals surface area (Å²) in [5.74, 6) is 0.358. The Morgan fingerprint density at radius 3 is 3.23 bits per heavy atom. The Bertz CT molecular complexity index is 700. The SMILES string of the molecule is Cn1cc(C(=O)N2CCc3ccsc3C2)c([C@H]2CCOC2)n1.